The SMILES string of the molecule is NC1CC(CC(F)F)C1. The summed E-state index contributed by atoms with van der Waals surface area (Å²) in [6, 6.07) is 0.203. The van der Waals surface area contributed by atoms with Gasteiger partial charge in [0.1, 0.15) is 0 Å². The van der Waals surface area contributed by atoms with E-state index in [4.69, 9.17) is 5.73 Å². The number of nitrogens with two attached hydrogens (primary N) is 1. The lowest BCUT2D eigenvalue weighted by Gasteiger charge is -2.31. The van der Waals surface area contributed by atoms with Crippen molar-refractivity contribution in [2.45, 2.75) is 31.7 Å². The summed E-state index contributed by atoms with van der Waals surface area (Å²) in [6.07, 6.45) is -0.495. The average molecular weight is 135 g/mol. The van der Waals surface area contributed by atoms with Gasteiger partial charge in [0.15, 0.2) is 0 Å². The highest BCUT2D eigenvalue weighted by molar-refractivity contribution is 4.82. The van der Waals surface area contributed by atoms with Crippen LogP contribution in [0.2, 0.25) is 0 Å². The van der Waals surface area contributed by atoms with Crippen LogP contribution in [0.4, 0.5) is 8.78 Å². The molecule has 0 amide bonds. The zero-order chi connectivity index (χ0) is 6.85. The van der Waals surface area contributed by atoms with Crippen molar-refractivity contribution in [3.8, 4) is 0 Å². The summed E-state index contributed by atoms with van der Waals surface area (Å²) in [5.41, 5.74) is 5.40. The van der Waals surface area contributed by atoms with Crippen LogP contribution in [0.3, 0.4) is 0 Å². The van der Waals surface area contributed by atoms with Gasteiger partial charge in [-0.15, -0.1) is 0 Å². The lowest BCUT2D eigenvalue weighted by atomic mass is 9.79. The Balaban J connectivity index is 2.04. The number of rotatable bonds is 2. The van der Waals surface area contributed by atoms with E-state index in [2.05, 4.69) is 0 Å². The molecule has 0 heterocycles. The van der Waals surface area contributed by atoms with Crippen molar-refractivity contribution in [3.63, 3.8) is 0 Å². The van der Waals surface area contributed by atoms with Crippen LogP contribution < -0.4 is 5.73 Å². The van der Waals surface area contributed by atoms with Crippen molar-refractivity contribution >= 4 is 0 Å². The topological polar surface area (TPSA) is 26.0 Å². The fourth-order valence-electron chi connectivity index (χ4n) is 1.23. The highest BCUT2D eigenvalue weighted by atomic mass is 19.3. The molecule has 0 aromatic rings. The Morgan fingerprint density at radius 3 is 2.33 bits per heavy atom. The van der Waals surface area contributed by atoms with Crippen molar-refractivity contribution in [2.24, 2.45) is 11.7 Å². The molecule has 54 valence electrons. The van der Waals surface area contributed by atoms with Crippen LogP contribution in [0.1, 0.15) is 19.3 Å². The first-order valence-electron chi connectivity index (χ1n) is 3.22. The molecule has 1 rings (SSSR count). The molecule has 2 N–H and O–H groups in total. The molecule has 0 aliphatic heterocycles. The first kappa shape index (κ1) is 6.93. The quantitative estimate of drug-likeness (QED) is 0.608. The van der Waals surface area contributed by atoms with E-state index in [1.807, 2.05) is 0 Å². The summed E-state index contributed by atoms with van der Waals surface area (Å²) in [4.78, 5) is 0. The molecule has 0 radical (unpaired) electrons. The van der Waals surface area contributed by atoms with Crippen LogP contribution >= 0.6 is 0 Å². The molecule has 1 aliphatic rings. The Morgan fingerprint density at radius 1 is 1.44 bits per heavy atom. The van der Waals surface area contributed by atoms with E-state index < -0.39 is 6.43 Å². The van der Waals surface area contributed by atoms with Gasteiger partial charge in [0.25, 0.3) is 0 Å². The molecule has 0 unspecified atom stereocenters. The first-order valence-corrected chi connectivity index (χ1v) is 3.22. The van der Waals surface area contributed by atoms with Crippen molar-refractivity contribution in [1.29, 1.82) is 0 Å². The van der Waals surface area contributed by atoms with Gasteiger partial charge in [-0.2, -0.15) is 0 Å². The van der Waals surface area contributed by atoms with E-state index in [1.54, 1.807) is 0 Å². The van der Waals surface area contributed by atoms with Gasteiger partial charge in [-0.25, -0.2) is 8.78 Å². The molecule has 0 bridgehead atoms. The standard InChI is InChI=1S/C6H11F2N/c7-6(8)3-4-1-5(9)2-4/h4-6H,1-3,9H2. The molecule has 0 spiro atoms. The van der Waals surface area contributed by atoms with Crippen molar-refractivity contribution in [2.75, 3.05) is 0 Å². The molecule has 0 saturated heterocycles. The van der Waals surface area contributed by atoms with Gasteiger partial charge in [-0.1, -0.05) is 0 Å². The van der Waals surface area contributed by atoms with Crippen LogP contribution in [0.25, 0.3) is 0 Å². The molecular weight excluding hydrogens is 124 g/mol. The second kappa shape index (κ2) is 2.60. The highest BCUT2D eigenvalue weighted by Crippen LogP contribution is 2.30. The second-order valence-electron chi connectivity index (χ2n) is 2.72. The van der Waals surface area contributed by atoms with Crippen molar-refractivity contribution in [3.05, 3.63) is 0 Å². The van der Waals surface area contributed by atoms with E-state index >= 15 is 0 Å². The van der Waals surface area contributed by atoms with Gasteiger partial charge in [0.05, 0.1) is 0 Å². The zero-order valence-electron chi connectivity index (χ0n) is 5.19. The summed E-state index contributed by atoms with van der Waals surface area (Å²) >= 11 is 0. The van der Waals surface area contributed by atoms with Gasteiger partial charge < -0.3 is 5.73 Å². The fraction of sp³-hybridized carbons (Fsp3) is 1.00. The number of alkyl halides is 2. The van der Waals surface area contributed by atoms with Crippen LogP contribution in [0.15, 0.2) is 0 Å². The fourth-order valence-corrected chi connectivity index (χ4v) is 1.23. The molecule has 1 saturated carbocycles. The average Bonchev–Trinajstić information content (AvgIpc) is 1.60. The molecular formula is C6H11F2N. The first-order chi connectivity index (χ1) is 4.18. The second-order valence-corrected chi connectivity index (χ2v) is 2.72. The van der Waals surface area contributed by atoms with Crippen LogP contribution in [-0.4, -0.2) is 12.5 Å². The largest absolute Gasteiger partial charge is 0.328 e. The Hall–Kier alpha value is -0.180. The summed E-state index contributed by atoms with van der Waals surface area (Å²) in [7, 11) is 0. The number of hydrogen-bond acceptors (Lipinski definition) is 1. The molecule has 9 heavy (non-hydrogen) atoms. The third-order valence-electron chi connectivity index (χ3n) is 1.78. The Kier molecular flexibility index (Phi) is 2.01. The molecule has 0 aromatic carbocycles. The van der Waals surface area contributed by atoms with Crippen LogP contribution in [0.5, 0.6) is 0 Å². The summed E-state index contributed by atoms with van der Waals surface area (Å²) in [6.45, 7) is 0. The predicted octanol–water partition coefficient (Wildman–Crippen LogP) is 1.38. The Labute approximate surface area is 53.2 Å². The van der Waals surface area contributed by atoms with E-state index in [1.165, 1.54) is 0 Å². The minimum absolute atomic E-state index is 0.0493. The van der Waals surface area contributed by atoms with Crippen LogP contribution in [-0.2, 0) is 0 Å². The lowest BCUT2D eigenvalue weighted by molar-refractivity contribution is 0.0852. The van der Waals surface area contributed by atoms with Crippen molar-refractivity contribution in [1.82, 2.24) is 0 Å². The van der Waals surface area contributed by atoms with E-state index in [0.717, 1.165) is 12.8 Å². The Morgan fingerprint density at radius 2 is 2.00 bits per heavy atom. The molecule has 1 aliphatic carbocycles. The maximum atomic E-state index is 11.6. The van der Waals surface area contributed by atoms with E-state index in [9.17, 15) is 8.78 Å². The number of hydrogen-bond donors (Lipinski definition) is 1. The van der Waals surface area contributed by atoms with Gasteiger partial charge in [0.2, 0.25) is 6.43 Å². The minimum Gasteiger partial charge on any atom is -0.328 e. The lowest BCUT2D eigenvalue weighted by Crippen LogP contribution is -2.37. The van der Waals surface area contributed by atoms with Gasteiger partial charge >= 0.3 is 0 Å². The zero-order valence-corrected chi connectivity index (χ0v) is 5.19. The van der Waals surface area contributed by atoms with Gasteiger partial charge in [0, 0.05) is 12.5 Å². The number of halogens is 2. The third kappa shape index (κ3) is 1.90. The molecule has 1 nitrogen and oxygen atoms in total. The summed E-state index contributed by atoms with van der Waals surface area (Å²) in [5.74, 6) is 0.208. The third-order valence-corrected chi connectivity index (χ3v) is 1.78. The Bertz CT molecular complexity index is 89.1. The van der Waals surface area contributed by atoms with Gasteiger partial charge in [-0.05, 0) is 18.8 Å². The molecule has 1 fully saturated rings. The van der Waals surface area contributed by atoms with Crippen molar-refractivity contribution < 1.29 is 8.78 Å². The highest BCUT2D eigenvalue weighted by Gasteiger charge is 2.27. The molecule has 0 aromatic heterocycles. The normalized spacial score (nSPS) is 34.7. The predicted molar refractivity (Wildman–Crippen MR) is 31.3 cm³/mol. The monoisotopic (exact) mass is 135 g/mol. The van der Waals surface area contributed by atoms with E-state index in [-0.39, 0.29) is 18.4 Å². The summed E-state index contributed by atoms with van der Waals surface area (Å²) < 4.78 is 23.2. The molecule has 3 heteroatoms. The molecule has 0 atom stereocenters. The van der Waals surface area contributed by atoms with Crippen LogP contribution in [0, 0.1) is 5.92 Å². The maximum Gasteiger partial charge on any atom is 0.238 e. The maximum absolute atomic E-state index is 11.6. The minimum atomic E-state index is -2.14. The summed E-state index contributed by atoms with van der Waals surface area (Å²) in [5, 5.41) is 0. The smallest absolute Gasteiger partial charge is 0.238 e. The van der Waals surface area contributed by atoms with Gasteiger partial charge in [-0.3, -0.25) is 0 Å². The van der Waals surface area contributed by atoms with E-state index in [0.29, 0.717) is 0 Å².